The summed E-state index contributed by atoms with van der Waals surface area (Å²) in [6.45, 7) is 19.2. The molecule has 3 aliphatic rings. The van der Waals surface area contributed by atoms with E-state index in [2.05, 4.69) is 47.8 Å². The summed E-state index contributed by atoms with van der Waals surface area (Å²) in [5.74, 6) is -2.23. The number of likely N-dealkylation sites (tertiary alicyclic amines) is 1. The molecule has 1 spiro atoms. The molecule has 3 rings (SSSR count). The van der Waals surface area contributed by atoms with E-state index in [4.69, 9.17) is 9.47 Å². The average Bonchev–Trinajstić information content (AvgIpc) is 3.46. The molecule has 1 N–H and O–H groups in total. The van der Waals surface area contributed by atoms with Crippen LogP contribution in [0.2, 0.25) is 0 Å². The maximum atomic E-state index is 14.6. The van der Waals surface area contributed by atoms with Crippen molar-refractivity contribution in [3.63, 3.8) is 0 Å². The molecular formula is C30H48N2O6. The van der Waals surface area contributed by atoms with E-state index in [1.807, 2.05) is 4.90 Å². The Kier molecular flexibility index (Phi) is 9.51. The summed E-state index contributed by atoms with van der Waals surface area (Å²) in [7, 11) is 0. The molecule has 2 amide bonds. The van der Waals surface area contributed by atoms with E-state index in [1.54, 1.807) is 17.1 Å². The van der Waals surface area contributed by atoms with Crippen LogP contribution in [0.25, 0.3) is 0 Å². The highest BCUT2D eigenvalue weighted by atomic mass is 16.6. The SMILES string of the molecule is C=CCCOC(=O)[C@@H]1[C@@H]2CCC3(O2)C(C(=O)N(CC=C)C(C)(C)CC(C)(C)C)N(CCCCCO)C(=O)[C@H]13. The Hall–Kier alpha value is -2.19. The van der Waals surface area contributed by atoms with E-state index in [9.17, 15) is 19.5 Å². The Morgan fingerprint density at radius 1 is 1.18 bits per heavy atom. The Morgan fingerprint density at radius 2 is 1.89 bits per heavy atom. The molecule has 5 atom stereocenters. The predicted octanol–water partition coefficient (Wildman–Crippen LogP) is 3.87. The second-order valence-electron chi connectivity index (χ2n) is 12.9. The van der Waals surface area contributed by atoms with Crippen LogP contribution in [0.4, 0.5) is 0 Å². The second kappa shape index (κ2) is 11.9. The van der Waals surface area contributed by atoms with Crippen LogP contribution in [0.3, 0.4) is 0 Å². The summed E-state index contributed by atoms with van der Waals surface area (Å²) >= 11 is 0. The summed E-state index contributed by atoms with van der Waals surface area (Å²) < 4.78 is 12.0. The van der Waals surface area contributed by atoms with Gasteiger partial charge < -0.3 is 24.4 Å². The Bertz CT molecular complexity index is 909. The first kappa shape index (κ1) is 30.4. The summed E-state index contributed by atoms with van der Waals surface area (Å²) in [4.78, 5) is 45.3. The van der Waals surface area contributed by atoms with Gasteiger partial charge in [-0.15, -0.1) is 13.2 Å². The van der Waals surface area contributed by atoms with Crippen LogP contribution in [0, 0.1) is 17.3 Å². The standard InChI is InChI=1S/C30H48N2O6/c1-8-10-19-37-27(36)22-21-14-15-30(38-21)23(22)25(34)31(17-12-11-13-18-33)24(30)26(35)32(16-9-2)29(6,7)20-28(3,4)5/h8-9,21-24,33H,1-2,10-20H2,3-7H3/t21-,22+,23-,24?,30?/m0/s1. The number of carbonyl (C=O) groups excluding carboxylic acids is 3. The largest absolute Gasteiger partial charge is 0.465 e. The summed E-state index contributed by atoms with van der Waals surface area (Å²) in [5, 5.41) is 9.24. The number of hydrogen-bond acceptors (Lipinski definition) is 6. The van der Waals surface area contributed by atoms with Gasteiger partial charge in [-0.05, 0) is 64.2 Å². The summed E-state index contributed by atoms with van der Waals surface area (Å²) in [6, 6.07) is -0.815. The molecule has 8 nitrogen and oxygen atoms in total. The monoisotopic (exact) mass is 532 g/mol. The van der Waals surface area contributed by atoms with Gasteiger partial charge in [0.2, 0.25) is 11.8 Å². The molecule has 0 aromatic rings. The van der Waals surface area contributed by atoms with Crippen molar-refractivity contribution in [2.75, 3.05) is 26.3 Å². The maximum Gasteiger partial charge on any atom is 0.312 e. The molecule has 3 heterocycles. The molecule has 214 valence electrons. The third-order valence-corrected chi connectivity index (χ3v) is 8.20. The highest BCUT2D eigenvalue weighted by Gasteiger charge is 2.75. The fourth-order valence-corrected chi connectivity index (χ4v) is 7.16. The Morgan fingerprint density at radius 3 is 2.50 bits per heavy atom. The smallest absolute Gasteiger partial charge is 0.312 e. The quantitative estimate of drug-likeness (QED) is 0.207. The lowest BCUT2D eigenvalue weighted by molar-refractivity contribution is -0.156. The number of carbonyl (C=O) groups is 3. The van der Waals surface area contributed by atoms with Crippen molar-refractivity contribution in [1.82, 2.24) is 9.80 Å². The maximum absolute atomic E-state index is 14.6. The first-order valence-corrected chi connectivity index (χ1v) is 14.1. The van der Waals surface area contributed by atoms with Crippen LogP contribution in [-0.4, -0.2) is 82.3 Å². The third kappa shape index (κ3) is 5.86. The van der Waals surface area contributed by atoms with Crippen LogP contribution in [-0.2, 0) is 23.9 Å². The van der Waals surface area contributed by atoms with Crippen LogP contribution in [0.15, 0.2) is 25.3 Å². The zero-order chi connectivity index (χ0) is 28.3. The first-order valence-electron chi connectivity index (χ1n) is 14.1. The Balaban J connectivity index is 1.99. The number of esters is 1. The van der Waals surface area contributed by atoms with Crippen molar-refractivity contribution in [1.29, 1.82) is 0 Å². The van der Waals surface area contributed by atoms with Gasteiger partial charge in [0.05, 0.1) is 24.5 Å². The molecule has 0 aromatic carbocycles. The highest BCUT2D eigenvalue weighted by Crippen LogP contribution is 2.59. The number of nitrogens with zero attached hydrogens (tertiary/aromatic N) is 2. The van der Waals surface area contributed by atoms with Crippen molar-refractivity contribution in [3.8, 4) is 0 Å². The van der Waals surface area contributed by atoms with Gasteiger partial charge in [-0.1, -0.05) is 32.9 Å². The summed E-state index contributed by atoms with van der Waals surface area (Å²) in [5.41, 5.74) is -1.57. The van der Waals surface area contributed by atoms with Crippen molar-refractivity contribution in [2.45, 2.75) is 103 Å². The van der Waals surface area contributed by atoms with E-state index < -0.39 is 41.1 Å². The molecule has 3 fully saturated rings. The molecule has 8 heteroatoms. The molecule has 2 bridgehead atoms. The lowest BCUT2D eigenvalue weighted by atomic mass is 9.70. The lowest BCUT2D eigenvalue weighted by Gasteiger charge is -2.45. The number of rotatable bonds is 14. The Labute approximate surface area is 228 Å². The van der Waals surface area contributed by atoms with E-state index in [0.29, 0.717) is 45.2 Å². The van der Waals surface area contributed by atoms with Gasteiger partial charge in [-0.2, -0.15) is 0 Å². The molecule has 0 aromatic heterocycles. The molecule has 3 aliphatic heterocycles. The van der Waals surface area contributed by atoms with Crippen LogP contribution in [0.1, 0.15) is 79.6 Å². The minimum absolute atomic E-state index is 0.0257. The van der Waals surface area contributed by atoms with Gasteiger partial charge in [-0.3, -0.25) is 14.4 Å². The number of amides is 2. The number of fused-ring (bicyclic) bond motifs is 1. The predicted molar refractivity (Wildman–Crippen MR) is 146 cm³/mol. The molecule has 2 unspecified atom stereocenters. The second-order valence-corrected chi connectivity index (χ2v) is 12.9. The number of ether oxygens (including phenoxy) is 2. The van der Waals surface area contributed by atoms with Crippen LogP contribution < -0.4 is 0 Å². The molecule has 0 aliphatic carbocycles. The zero-order valence-electron chi connectivity index (χ0n) is 24.0. The average molecular weight is 533 g/mol. The third-order valence-electron chi connectivity index (χ3n) is 8.20. The van der Waals surface area contributed by atoms with E-state index in [1.165, 1.54) is 0 Å². The van der Waals surface area contributed by atoms with Gasteiger partial charge in [-0.25, -0.2) is 0 Å². The van der Waals surface area contributed by atoms with Gasteiger partial charge >= 0.3 is 5.97 Å². The minimum Gasteiger partial charge on any atom is -0.465 e. The molecule has 0 saturated carbocycles. The first-order chi connectivity index (χ1) is 17.8. The molecule has 38 heavy (non-hydrogen) atoms. The van der Waals surface area contributed by atoms with Gasteiger partial charge in [0.25, 0.3) is 0 Å². The topological polar surface area (TPSA) is 96.4 Å². The van der Waals surface area contributed by atoms with Crippen molar-refractivity contribution < 1.29 is 29.0 Å². The highest BCUT2D eigenvalue weighted by molar-refractivity contribution is 5.98. The van der Waals surface area contributed by atoms with E-state index in [0.717, 1.165) is 12.8 Å². The van der Waals surface area contributed by atoms with Crippen molar-refractivity contribution in [3.05, 3.63) is 25.3 Å². The van der Waals surface area contributed by atoms with E-state index >= 15 is 0 Å². The molecule has 0 radical (unpaired) electrons. The number of aliphatic hydroxyl groups is 1. The minimum atomic E-state index is -1.05. The number of aliphatic hydroxyl groups excluding tert-OH is 1. The number of unbranched alkanes of at least 4 members (excludes halogenated alkanes) is 2. The van der Waals surface area contributed by atoms with Gasteiger partial charge in [0, 0.05) is 25.2 Å². The van der Waals surface area contributed by atoms with Crippen LogP contribution >= 0.6 is 0 Å². The normalized spacial score (nSPS) is 28.4. The lowest BCUT2D eigenvalue weighted by Crippen LogP contribution is -2.61. The van der Waals surface area contributed by atoms with Crippen molar-refractivity contribution in [2.24, 2.45) is 17.3 Å². The molecule has 3 saturated heterocycles. The molecular weight excluding hydrogens is 484 g/mol. The zero-order valence-corrected chi connectivity index (χ0v) is 24.0. The van der Waals surface area contributed by atoms with Gasteiger partial charge in [0.15, 0.2) is 0 Å². The van der Waals surface area contributed by atoms with Gasteiger partial charge in [0.1, 0.15) is 11.6 Å². The fraction of sp³-hybridized carbons (Fsp3) is 0.767. The number of hydrogen-bond donors (Lipinski definition) is 1. The van der Waals surface area contributed by atoms with Crippen LogP contribution in [0.5, 0.6) is 0 Å². The summed E-state index contributed by atoms with van der Waals surface area (Å²) in [6.07, 6.45) is 7.46. The van der Waals surface area contributed by atoms with E-state index in [-0.39, 0.29) is 30.4 Å². The fourth-order valence-electron chi connectivity index (χ4n) is 7.16. The van der Waals surface area contributed by atoms with Crippen molar-refractivity contribution >= 4 is 17.8 Å².